The number of halogens is 1. The number of fused-ring (bicyclic) bond motifs is 3. The van der Waals surface area contributed by atoms with Crippen LogP contribution in [0.2, 0.25) is 5.02 Å². The zero-order valence-electron chi connectivity index (χ0n) is 19.9. The second-order valence-corrected chi connectivity index (χ2v) is 9.44. The van der Waals surface area contributed by atoms with E-state index in [1.54, 1.807) is 49.5 Å². The van der Waals surface area contributed by atoms with Gasteiger partial charge in [0, 0.05) is 17.5 Å². The molecule has 0 radical (unpaired) electrons. The van der Waals surface area contributed by atoms with Crippen molar-refractivity contribution in [3.63, 3.8) is 0 Å². The molecule has 4 aromatic carbocycles. The van der Waals surface area contributed by atoms with Gasteiger partial charge in [0.1, 0.15) is 12.4 Å². The summed E-state index contributed by atoms with van der Waals surface area (Å²) in [5, 5.41) is 3.55. The zero-order valence-corrected chi connectivity index (χ0v) is 20.7. The van der Waals surface area contributed by atoms with Crippen LogP contribution in [0.5, 0.6) is 5.75 Å². The van der Waals surface area contributed by atoms with Gasteiger partial charge in [0.05, 0.1) is 28.8 Å². The summed E-state index contributed by atoms with van der Waals surface area (Å²) in [6, 6.07) is 25.7. The van der Waals surface area contributed by atoms with E-state index < -0.39 is 11.8 Å². The monoisotopic (exact) mass is 508 g/mol. The van der Waals surface area contributed by atoms with E-state index in [0.29, 0.717) is 38.4 Å². The maximum Gasteiger partial charge on any atom is 0.261 e. The van der Waals surface area contributed by atoms with Gasteiger partial charge < -0.3 is 9.30 Å². The smallest absolute Gasteiger partial charge is 0.261 e. The predicted molar refractivity (Wildman–Crippen MR) is 143 cm³/mol. The number of amides is 2. The molecule has 5 aromatic rings. The van der Waals surface area contributed by atoms with Crippen LogP contribution in [-0.4, -0.2) is 21.3 Å². The molecule has 0 fully saturated rings. The summed E-state index contributed by atoms with van der Waals surface area (Å²) in [5.74, 6) is -0.400. The predicted octanol–water partition coefficient (Wildman–Crippen LogP) is 5.72. The summed E-state index contributed by atoms with van der Waals surface area (Å²) >= 11 is 6.32. The van der Waals surface area contributed by atoms with E-state index >= 15 is 0 Å². The highest BCUT2D eigenvalue weighted by molar-refractivity contribution is 6.31. The number of hydrogen-bond donors (Lipinski definition) is 0. The van der Waals surface area contributed by atoms with Gasteiger partial charge in [0.25, 0.3) is 17.4 Å². The number of rotatable bonds is 5. The Hall–Kier alpha value is -4.42. The van der Waals surface area contributed by atoms with Gasteiger partial charge in [-0.1, -0.05) is 66.2 Å². The number of pyridine rings is 1. The summed E-state index contributed by atoms with van der Waals surface area (Å²) in [5.41, 5.74) is 1.80. The normalized spacial score (nSPS) is 13.0. The summed E-state index contributed by atoms with van der Waals surface area (Å²) in [7, 11) is 1.62. The molecule has 0 N–H and O–H groups in total. The van der Waals surface area contributed by atoms with E-state index in [4.69, 9.17) is 16.3 Å². The van der Waals surface area contributed by atoms with Crippen LogP contribution in [0.4, 0.5) is 0 Å². The van der Waals surface area contributed by atoms with E-state index in [0.717, 1.165) is 21.2 Å². The molecule has 0 atom stereocenters. The topological polar surface area (TPSA) is 68.6 Å². The number of benzene rings is 4. The van der Waals surface area contributed by atoms with Crippen molar-refractivity contribution in [2.45, 2.75) is 13.2 Å². The lowest BCUT2D eigenvalue weighted by Gasteiger charge is -2.22. The third kappa shape index (κ3) is 3.77. The fourth-order valence-corrected chi connectivity index (χ4v) is 5.11. The molecule has 0 saturated carbocycles. The summed E-state index contributed by atoms with van der Waals surface area (Å²) < 4.78 is 7.87. The Morgan fingerprint density at radius 1 is 0.757 bits per heavy atom. The standard InChI is InChI=1S/C30H21ClN2O4/c1-32-26(16-33-29(35)22-11-4-5-12-23(22)30(33)36)27(25-15-20(31)13-14-24(25)28(32)34)37-17-19-9-6-8-18-7-2-3-10-21(18)19/h2-15H,16-17H2,1H3. The number of imide groups is 1. The maximum absolute atomic E-state index is 13.3. The van der Waals surface area contributed by atoms with Gasteiger partial charge in [0.15, 0.2) is 0 Å². The van der Waals surface area contributed by atoms with Gasteiger partial charge in [-0.25, -0.2) is 0 Å². The average molecular weight is 509 g/mol. The molecule has 0 unspecified atom stereocenters. The van der Waals surface area contributed by atoms with Crippen molar-refractivity contribution in [2.24, 2.45) is 7.05 Å². The van der Waals surface area contributed by atoms with E-state index in [9.17, 15) is 14.4 Å². The largest absolute Gasteiger partial charge is 0.486 e. The summed E-state index contributed by atoms with van der Waals surface area (Å²) in [6.07, 6.45) is 0. The first-order valence-corrected chi connectivity index (χ1v) is 12.2. The Labute approximate surface area is 217 Å². The Balaban J connectivity index is 1.48. The third-order valence-electron chi connectivity index (χ3n) is 6.87. The van der Waals surface area contributed by atoms with Crippen molar-refractivity contribution in [1.29, 1.82) is 0 Å². The number of hydrogen-bond acceptors (Lipinski definition) is 4. The molecular formula is C30H21ClN2O4. The van der Waals surface area contributed by atoms with Crippen LogP contribution in [0.15, 0.2) is 89.7 Å². The number of carbonyl (C=O) groups is 2. The van der Waals surface area contributed by atoms with E-state index in [-0.39, 0.29) is 18.7 Å². The fourth-order valence-electron chi connectivity index (χ4n) is 4.94. The Kier molecular flexibility index (Phi) is 5.54. The Morgan fingerprint density at radius 3 is 2.19 bits per heavy atom. The average Bonchev–Trinajstić information content (AvgIpc) is 3.16. The molecule has 6 nitrogen and oxygen atoms in total. The van der Waals surface area contributed by atoms with E-state index in [2.05, 4.69) is 0 Å². The second kappa shape index (κ2) is 8.91. The molecule has 7 heteroatoms. The molecule has 0 bridgehead atoms. The van der Waals surface area contributed by atoms with Crippen molar-refractivity contribution in [3.05, 3.63) is 123 Å². The number of ether oxygens (including phenoxy) is 1. The first kappa shape index (κ1) is 23.0. The van der Waals surface area contributed by atoms with E-state index in [1.807, 2.05) is 42.5 Å². The van der Waals surface area contributed by atoms with Gasteiger partial charge in [-0.05, 0) is 46.7 Å². The lowest BCUT2D eigenvalue weighted by Crippen LogP contribution is -2.33. The van der Waals surface area contributed by atoms with Crippen LogP contribution in [0.3, 0.4) is 0 Å². The highest BCUT2D eigenvalue weighted by Crippen LogP contribution is 2.34. The molecule has 2 heterocycles. The molecule has 6 rings (SSSR count). The molecule has 0 spiro atoms. The minimum absolute atomic E-state index is 0.120. The quantitative estimate of drug-likeness (QED) is 0.285. The van der Waals surface area contributed by atoms with Crippen LogP contribution >= 0.6 is 11.6 Å². The molecule has 0 aliphatic carbocycles. The van der Waals surface area contributed by atoms with Gasteiger partial charge in [-0.3, -0.25) is 19.3 Å². The van der Waals surface area contributed by atoms with Gasteiger partial charge >= 0.3 is 0 Å². The lowest BCUT2D eigenvalue weighted by atomic mass is 10.1. The molecule has 1 aromatic heterocycles. The fraction of sp³-hybridized carbons (Fsp3) is 0.100. The first-order valence-electron chi connectivity index (χ1n) is 11.8. The molecule has 1 aliphatic rings. The highest BCUT2D eigenvalue weighted by Gasteiger charge is 2.36. The van der Waals surface area contributed by atoms with Gasteiger partial charge in [0.2, 0.25) is 0 Å². The van der Waals surface area contributed by atoms with Crippen molar-refractivity contribution >= 4 is 45.0 Å². The Bertz CT molecular complexity index is 1770. The molecule has 182 valence electrons. The molecule has 0 saturated heterocycles. The number of aromatic nitrogens is 1. The zero-order chi connectivity index (χ0) is 25.7. The SMILES string of the molecule is Cn1c(CN2C(=O)c3ccccc3C2=O)c(OCc2cccc3ccccc23)c2cc(Cl)ccc2c1=O. The second-order valence-electron chi connectivity index (χ2n) is 9.00. The van der Waals surface area contributed by atoms with Crippen LogP contribution in [0.25, 0.3) is 21.5 Å². The molecule has 37 heavy (non-hydrogen) atoms. The van der Waals surface area contributed by atoms with Crippen LogP contribution in [-0.2, 0) is 20.2 Å². The molecule has 2 amide bonds. The number of carbonyl (C=O) groups excluding carboxylic acids is 2. The van der Waals surface area contributed by atoms with Crippen molar-refractivity contribution in [1.82, 2.24) is 9.47 Å². The third-order valence-corrected chi connectivity index (χ3v) is 7.10. The van der Waals surface area contributed by atoms with Gasteiger partial charge in [-0.15, -0.1) is 0 Å². The first-order chi connectivity index (χ1) is 17.9. The van der Waals surface area contributed by atoms with Crippen LogP contribution in [0, 0.1) is 0 Å². The summed E-state index contributed by atoms with van der Waals surface area (Å²) in [4.78, 5) is 40.7. The van der Waals surface area contributed by atoms with Crippen LogP contribution in [0.1, 0.15) is 32.0 Å². The van der Waals surface area contributed by atoms with E-state index in [1.165, 1.54) is 4.57 Å². The molecular weight excluding hydrogens is 488 g/mol. The number of nitrogens with zero attached hydrogens (tertiary/aromatic N) is 2. The van der Waals surface area contributed by atoms with Crippen molar-refractivity contribution < 1.29 is 14.3 Å². The van der Waals surface area contributed by atoms with Crippen molar-refractivity contribution in [2.75, 3.05) is 0 Å². The molecule has 1 aliphatic heterocycles. The Morgan fingerprint density at radius 2 is 1.43 bits per heavy atom. The minimum atomic E-state index is -0.403. The maximum atomic E-state index is 13.3. The lowest BCUT2D eigenvalue weighted by molar-refractivity contribution is 0.0637. The van der Waals surface area contributed by atoms with Crippen molar-refractivity contribution in [3.8, 4) is 5.75 Å². The van der Waals surface area contributed by atoms with Gasteiger partial charge in [-0.2, -0.15) is 0 Å². The minimum Gasteiger partial charge on any atom is -0.486 e. The van der Waals surface area contributed by atoms with Crippen LogP contribution < -0.4 is 10.3 Å². The summed E-state index contributed by atoms with van der Waals surface area (Å²) in [6.45, 7) is 0.0989. The highest BCUT2D eigenvalue weighted by atomic mass is 35.5.